The average molecular weight is 352 g/mol. The summed E-state index contributed by atoms with van der Waals surface area (Å²) in [6, 6.07) is 2.36. The first kappa shape index (κ1) is 18.3. The molecule has 4 nitrogen and oxygen atoms in total. The van der Waals surface area contributed by atoms with Gasteiger partial charge in [-0.05, 0) is 68.9 Å². The van der Waals surface area contributed by atoms with Crippen molar-refractivity contribution >= 4 is 11.3 Å². The Kier molecular flexibility index (Phi) is 6.70. The summed E-state index contributed by atoms with van der Waals surface area (Å²) in [6.45, 7) is 8.29. The molecule has 2 aliphatic rings. The Hall–Kier alpha value is -0.460. The Labute approximate surface area is 151 Å². The quantitative estimate of drug-likeness (QED) is 0.817. The molecule has 2 atom stereocenters. The van der Waals surface area contributed by atoms with Crippen molar-refractivity contribution in [1.82, 2.24) is 14.7 Å². The van der Waals surface area contributed by atoms with Crippen molar-refractivity contribution in [2.24, 2.45) is 11.8 Å². The summed E-state index contributed by atoms with van der Waals surface area (Å²) in [4.78, 5) is 8.86. The molecule has 0 spiro atoms. The van der Waals surface area contributed by atoms with Crippen LogP contribution in [0.2, 0.25) is 0 Å². The van der Waals surface area contributed by atoms with Crippen LogP contribution in [0.1, 0.15) is 29.7 Å². The molecular weight excluding hydrogens is 318 g/mol. The van der Waals surface area contributed by atoms with E-state index in [4.69, 9.17) is 0 Å². The van der Waals surface area contributed by atoms with Crippen molar-refractivity contribution in [3.8, 4) is 0 Å². The van der Waals surface area contributed by atoms with Crippen molar-refractivity contribution in [2.75, 3.05) is 53.4 Å². The van der Waals surface area contributed by atoms with Gasteiger partial charge in [0.1, 0.15) is 0 Å². The van der Waals surface area contributed by atoms with E-state index in [0.29, 0.717) is 18.4 Å². The molecule has 0 saturated carbocycles. The van der Waals surface area contributed by atoms with Crippen LogP contribution < -0.4 is 0 Å². The van der Waals surface area contributed by atoms with E-state index in [-0.39, 0.29) is 0 Å². The molecule has 0 unspecified atom stereocenters. The van der Waals surface area contributed by atoms with Gasteiger partial charge in [0.2, 0.25) is 0 Å². The van der Waals surface area contributed by atoms with Crippen molar-refractivity contribution < 1.29 is 5.11 Å². The molecule has 1 aromatic rings. The summed E-state index contributed by atoms with van der Waals surface area (Å²) in [5.74, 6) is 1.09. The van der Waals surface area contributed by atoms with Gasteiger partial charge in [-0.15, -0.1) is 11.3 Å². The second-order valence-electron chi connectivity index (χ2n) is 7.92. The van der Waals surface area contributed by atoms with Crippen LogP contribution in [0.3, 0.4) is 0 Å². The highest BCUT2D eigenvalue weighted by molar-refractivity contribution is 7.10. The molecule has 0 aromatic carbocycles. The van der Waals surface area contributed by atoms with Crippen molar-refractivity contribution in [1.29, 1.82) is 0 Å². The zero-order valence-corrected chi connectivity index (χ0v) is 16.1. The fraction of sp³-hybridized carbons (Fsp3) is 0.789. The predicted molar refractivity (Wildman–Crippen MR) is 101 cm³/mol. The third-order valence-corrected chi connectivity index (χ3v) is 6.38. The highest BCUT2D eigenvalue weighted by Gasteiger charge is 2.33. The van der Waals surface area contributed by atoms with Gasteiger partial charge in [-0.1, -0.05) is 6.42 Å². The normalized spacial score (nSPS) is 26.5. The first-order chi connectivity index (χ1) is 11.6. The van der Waals surface area contributed by atoms with Gasteiger partial charge in [0.15, 0.2) is 0 Å². The fourth-order valence-corrected chi connectivity index (χ4v) is 5.15. The van der Waals surface area contributed by atoms with E-state index < -0.39 is 0 Å². The number of nitrogens with zero attached hydrogens (tertiary/aromatic N) is 3. The number of thiophene rings is 1. The maximum atomic E-state index is 9.80. The molecule has 0 amide bonds. The lowest BCUT2D eigenvalue weighted by molar-refractivity contribution is 0.149. The monoisotopic (exact) mass is 351 g/mol. The highest BCUT2D eigenvalue weighted by atomic mass is 32.1. The van der Waals surface area contributed by atoms with Crippen molar-refractivity contribution in [3.63, 3.8) is 0 Å². The van der Waals surface area contributed by atoms with Gasteiger partial charge >= 0.3 is 0 Å². The lowest BCUT2D eigenvalue weighted by Crippen LogP contribution is -2.37. The number of hydrogen-bond acceptors (Lipinski definition) is 5. The maximum absolute atomic E-state index is 9.80. The summed E-state index contributed by atoms with van der Waals surface area (Å²) in [5.41, 5.74) is 1.42. The smallest absolute Gasteiger partial charge is 0.0475 e. The van der Waals surface area contributed by atoms with E-state index in [2.05, 4.69) is 40.2 Å². The Morgan fingerprint density at radius 2 is 1.88 bits per heavy atom. The first-order valence-corrected chi connectivity index (χ1v) is 10.3. The number of hydrogen-bond donors (Lipinski definition) is 1. The third kappa shape index (κ3) is 5.02. The van der Waals surface area contributed by atoms with Gasteiger partial charge in [0.05, 0.1) is 0 Å². The number of rotatable bonds is 7. The molecule has 1 N–H and O–H groups in total. The molecule has 0 aliphatic carbocycles. The summed E-state index contributed by atoms with van der Waals surface area (Å²) in [6.07, 6.45) is 4.10. The van der Waals surface area contributed by atoms with Crippen molar-refractivity contribution in [3.05, 3.63) is 21.9 Å². The van der Waals surface area contributed by atoms with E-state index in [1.165, 1.54) is 49.3 Å². The number of aliphatic hydroxyl groups is 1. The Morgan fingerprint density at radius 3 is 2.58 bits per heavy atom. The summed E-state index contributed by atoms with van der Waals surface area (Å²) < 4.78 is 0. The summed E-state index contributed by atoms with van der Waals surface area (Å²) >= 11 is 1.88. The number of aliphatic hydroxyl groups excluding tert-OH is 1. The zero-order chi connectivity index (χ0) is 16.9. The molecule has 2 saturated heterocycles. The molecular formula is C19H33N3OS. The summed E-state index contributed by atoms with van der Waals surface area (Å²) in [5, 5.41) is 12.1. The number of likely N-dealkylation sites (tertiary alicyclic amines) is 2. The zero-order valence-electron chi connectivity index (χ0n) is 15.3. The van der Waals surface area contributed by atoms with Crippen LogP contribution in [0.4, 0.5) is 0 Å². The van der Waals surface area contributed by atoms with Crippen LogP contribution >= 0.6 is 11.3 Å². The van der Waals surface area contributed by atoms with Crippen LogP contribution in [0.5, 0.6) is 0 Å². The molecule has 24 heavy (non-hydrogen) atoms. The van der Waals surface area contributed by atoms with Crippen LogP contribution in [0.15, 0.2) is 11.4 Å². The van der Waals surface area contributed by atoms with Gasteiger partial charge in [-0.2, -0.15) is 0 Å². The first-order valence-electron chi connectivity index (χ1n) is 9.40. The van der Waals surface area contributed by atoms with Gasteiger partial charge in [0, 0.05) is 44.2 Å². The van der Waals surface area contributed by atoms with E-state index in [1.807, 2.05) is 11.3 Å². The Morgan fingerprint density at radius 1 is 1.12 bits per heavy atom. The van der Waals surface area contributed by atoms with Crippen LogP contribution in [-0.4, -0.2) is 73.2 Å². The highest BCUT2D eigenvalue weighted by Crippen LogP contribution is 2.28. The molecule has 3 rings (SSSR count). The molecule has 5 heteroatoms. The molecule has 0 radical (unpaired) electrons. The lowest BCUT2D eigenvalue weighted by atomic mass is 9.95. The minimum Gasteiger partial charge on any atom is -0.396 e. The minimum absolute atomic E-state index is 0.339. The summed E-state index contributed by atoms with van der Waals surface area (Å²) in [7, 11) is 4.24. The molecule has 0 bridgehead atoms. The van der Waals surface area contributed by atoms with Crippen LogP contribution in [0.25, 0.3) is 0 Å². The van der Waals surface area contributed by atoms with Gasteiger partial charge < -0.3 is 14.9 Å². The van der Waals surface area contributed by atoms with Crippen LogP contribution in [-0.2, 0) is 13.1 Å². The lowest BCUT2D eigenvalue weighted by Gasteiger charge is -2.30. The SMILES string of the molecule is CN(C)Cc1csc(CN2C[C@@H](CN3CCCCC3)[C@@H](CO)C2)c1. The van der Waals surface area contributed by atoms with Gasteiger partial charge in [-0.25, -0.2) is 0 Å². The molecule has 3 heterocycles. The second-order valence-corrected chi connectivity index (χ2v) is 8.91. The minimum atomic E-state index is 0.339. The predicted octanol–water partition coefficient (Wildman–Crippen LogP) is 2.34. The van der Waals surface area contributed by atoms with E-state index >= 15 is 0 Å². The van der Waals surface area contributed by atoms with Crippen LogP contribution in [0, 0.1) is 11.8 Å². The standard InChI is InChI=1S/C19H33N3OS/c1-20(2)9-16-8-19(24-15-16)13-22-11-17(18(12-22)14-23)10-21-6-4-3-5-7-21/h8,15,17-18,23H,3-7,9-14H2,1-2H3/t17-,18-/m1/s1. The topological polar surface area (TPSA) is 30.0 Å². The maximum Gasteiger partial charge on any atom is 0.0475 e. The molecule has 2 aliphatic heterocycles. The fourth-order valence-electron chi connectivity index (χ4n) is 4.23. The third-order valence-electron chi connectivity index (χ3n) is 5.41. The van der Waals surface area contributed by atoms with Gasteiger partial charge in [-0.3, -0.25) is 4.90 Å². The van der Waals surface area contributed by atoms with E-state index in [1.54, 1.807) is 0 Å². The van der Waals surface area contributed by atoms with Gasteiger partial charge in [0.25, 0.3) is 0 Å². The Bertz CT molecular complexity index is 499. The van der Waals surface area contributed by atoms with E-state index in [0.717, 1.165) is 26.2 Å². The largest absolute Gasteiger partial charge is 0.396 e. The Balaban J connectivity index is 1.52. The molecule has 1 aromatic heterocycles. The van der Waals surface area contributed by atoms with Crippen molar-refractivity contribution in [2.45, 2.75) is 32.4 Å². The molecule has 136 valence electrons. The average Bonchev–Trinajstić information content (AvgIpc) is 3.15. The van der Waals surface area contributed by atoms with E-state index in [9.17, 15) is 5.11 Å². The number of piperidine rings is 1. The molecule has 2 fully saturated rings. The second kappa shape index (κ2) is 8.77.